The Hall–Kier alpha value is -1.88. The van der Waals surface area contributed by atoms with Crippen molar-refractivity contribution in [2.24, 2.45) is 0 Å². The number of thiophene rings is 1. The quantitative estimate of drug-likeness (QED) is 0.817. The van der Waals surface area contributed by atoms with Gasteiger partial charge in [0.15, 0.2) is 0 Å². The molecule has 4 nitrogen and oxygen atoms in total. The maximum Gasteiger partial charge on any atom is 0.336 e. The Bertz CT molecular complexity index is 508. The number of carbonyl (C=O) groups is 2. The van der Waals surface area contributed by atoms with Gasteiger partial charge in [-0.3, -0.25) is 0 Å². The van der Waals surface area contributed by atoms with Gasteiger partial charge in [-0.1, -0.05) is 0 Å². The third-order valence-corrected chi connectivity index (χ3v) is 2.86. The Labute approximate surface area is 88.4 Å². The van der Waals surface area contributed by atoms with Crippen molar-refractivity contribution >= 4 is 34.0 Å². The number of rotatable bonds is 2. The molecule has 15 heavy (non-hydrogen) atoms. The first-order valence-corrected chi connectivity index (χ1v) is 5.01. The molecule has 0 spiro atoms. The minimum absolute atomic E-state index is 0.135. The van der Waals surface area contributed by atoms with E-state index in [0.29, 0.717) is 10.8 Å². The molecule has 0 aliphatic rings. The fraction of sp³-hybridized carbons (Fsp3) is 0. The molecule has 5 heteroatoms. The smallest absolute Gasteiger partial charge is 0.336 e. The van der Waals surface area contributed by atoms with E-state index in [0.717, 1.165) is 0 Å². The summed E-state index contributed by atoms with van der Waals surface area (Å²) >= 11 is 1.29. The second-order valence-corrected chi connectivity index (χ2v) is 3.71. The van der Waals surface area contributed by atoms with Crippen molar-refractivity contribution < 1.29 is 19.8 Å². The van der Waals surface area contributed by atoms with Gasteiger partial charge in [-0.2, -0.15) is 11.3 Å². The van der Waals surface area contributed by atoms with E-state index in [4.69, 9.17) is 10.2 Å². The number of benzene rings is 1. The van der Waals surface area contributed by atoms with Crippen LogP contribution in [0.4, 0.5) is 0 Å². The summed E-state index contributed by atoms with van der Waals surface area (Å²) in [6, 6.07) is 2.64. The first-order valence-electron chi connectivity index (χ1n) is 4.06. The first-order chi connectivity index (χ1) is 7.11. The lowest BCUT2D eigenvalue weighted by Gasteiger charge is -2.00. The number of fused-ring (bicyclic) bond motifs is 1. The van der Waals surface area contributed by atoms with E-state index in [1.54, 1.807) is 10.8 Å². The molecule has 0 atom stereocenters. The van der Waals surface area contributed by atoms with Crippen LogP contribution in [-0.2, 0) is 0 Å². The van der Waals surface area contributed by atoms with E-state index >= 15 is 0 Å². The van der Waals surface area contributed by atoms with Crippen LogP contribution in [0.25, 0.3) is 10.8 Å². The topological polar surface area (TPSA) is 74.6 Å². The minimum atomic E-state index is -1.05. The zero-order valence-electron chi connectivity index (χ0n) is 7.43. The van der Waals surface area contributed by atoms with Gasteiger partial charge in [0, 0.05) is 10.8 Å². The largest absolute Gasteiger partial charge is 0.478 e. The zero-order chi connectivity index (χ0) is 11.0. The highest BCUT2D eigenvalue weighted by Crippen LogP contribution is 2.26. The molecular weight excluding hydrogens is 216 g/mol. The van der Waals surface area contributed by atoms with Crippen LogP contribution in [0.2, 0.25) is 0 Å². The van der Waals surface area contributed by atoms with E-state index in [1.165, 1.54) is 23.5 Å². The summed E-state index contributed by atoms with van der Waals surface area (Å²) in [7, 11) is 0. The summed E-state index contributed by atoms with van der Waals surface area (Å²) in [6.07, 6.45) is 0. The van der Waals surface area contributed by atoms with Crippen LogP contribution in [0.5, 0.6) is 0 Å². The van der Waals surface area contributed by atoms with Crippen LogP contribution in [0.1, 0.15) is 20.7 Å². The molecule has 0 aliphatic heterocycles. The molecule has 0 saturated heterocycles. The molecule has 2 aromatic rings. The molecule has 2 rings (SSSR count). The Morgan fingerprint density at radius 3 is 1.67 bits per heavy atom. The average molecular weight is 222 g/mol. The number of aromatic carboxylic acids is 2. The fourth-order valence-electron chi connectivity index (χ4n) is 1.43. The molecule has 2 N–H and O–H groups in total. The summed E-state index contributed by atoms with van der Waals surface area (Å²) in [5, 5.41) is 22.0. The van der Waals surface area contributed by atoms with E-state index in [9.17, 15) is 9.59 Å². The predicted octanol–water partition coefficient (Wildman–Crippen LogP) is 2.30. The standard InChI is InChI=1S/C10H6O4S/c11-9(12)5-1-2-6(10(13)14)8-4-15-3-7(5)8/h1-4H,(H,11,12)(H,13,14). The third kappa shape index (κ3) is 1.46. The highest BCUT2D eigenvalue weighted by atomic mass is 32.1. The molecule has 0 radical (unpaired) electrons. The Balaban J connectivity index is 2.82. The maximum atomic E-state index is 10.9. The van der Waals surface area contributed by atoms with Crippen molar-refractivity contribution in [1.29, 1.82) is 0 Å². The van der Waals surface area contributed by atoms with Gasteiger partial charge >= 0.3 is 11.9 Å². The van der Waals surface area contributed by atoms with Gasteiger partial charge in [-0.05, 0) is 22.9 Å². The summed E-state index contributed by atoms with van der Waals surface area (Å²) in [6.45, 7) is 0. The Morgan fingerprint density at radius 1 is 0.933 bits per heavy atom. The third-order valence-electron chi connectivity index (χ3n) is 2.12. The second kappa shape index (κ2) is 3.36. The highest BCUT2D eigenvalue weighted by Gasteiger charge is 2.15. The lowest BCUT2D eigenvalue weighted by atomic mass is 10.0. The lowest BCUT2D eigenvalue weighted by Crippen LogP contribution is -2.01. The van der Waals surface area contributed by atoms with Crippen molar-refractivity contribution in [3.63, 3.8) is 0 Å². The van der Waals surface area contributed by atoms with Crippen LogP contribution >= 0.6 is 11.3 Å². The molecule has 0 unspecified atom stereocenters. The van der Waals surface area contributed by atoms with Crippen molar-refractivity contribution in [3.8, 4) is 0 Å². The maximum absolute atomic E-state index is 10.9. The van der Waals surface area contributed by atoms with Crippen LogP contribution in [0, 0.1) is 0 Å². The van der Waals surface area contributed by atoms with Gasteiger partial charge in [0.1, 0.15) is 0 Å². The fourth-order valence-corrected chi connectivity index (χ4v) is 2.28. The molecular formula is C10H6O4S. The summed E-state index contributed by atoms with van der Waals surface area (Å²) in [4.78, 5) is 21.7. The van der Waals surface area contributed by atoms with Crippen molar-refractivity contribution in [3.05, 3.63) is 34.0 Å². The average Bonchev–Trinajstić information content (AvgIpc) is 2.63. The summed E-state index contributed by atoms with van der Waals surface area (Å²) < 4.78 is 0. The van der Waals surface area contributed by atoms with Crippen molar-refractivity contribution in [2.75, 3.05) is 0 Å². The van der Waals surface area contributed by atoms with Crippen LogP contribution in [0.15, 0.2) is 22.9 Å². The molecule has 1 heterocycles. The SMILES string of the molecule is O=C(O)c1ccc(C(=O)O)c2cscc12. The zero-order valence-corrected chi connectivity index (χ0v) is 8.25. The molecule has 76 valence electrons. The van der Waals surface area contributed by atoms with Crippen LogP contribution < -0.4 is 0 Å². The van der Waals surface area contributed by atoms with E-state index in [-0.39, 0.29) is 11.1 Å². The van der Waals surface area contributed by atoms with Crippen molar-refractivity contribution in [2.45, 2.75) is 0 Å². The molecule has 0 fully saturated rings. The summed E-state index contributed by atoms with van der Waals surface area (Å²) in [5.41, 5.74) is 0.271. The van der Waals surface area contributed by atoms with Gasteiger partial charge in [0.2, 0.25) is 0 Å². The number of carboxylic acid groups (broad SMARTS) is 2. The molecule has 1 aromatic heterocycles. The Morgan fingerprint density at radius 2 is 1.33 bits per heavy atom. The molecule has 0 aliphatic carbocycles. The molecule has 0 saturated carbocycles. The van der Waals surface area contributed by atoms with Gasteiger partial charge in [-0.25, -0.2) is 9.59 Å². The number of carboxylic acids is 2. The lowest BCUT2D eigenvalue weighted by molar-refractivity contribution is 0.0684. The van der Waals surface area contributed by atoms with Crippen molar-refractivity contribution in [1.82, 2.24) is 0 Å². The number of hydrogen-bond acceptors (Lipinski definition) is 3. The van der Waals surface area contributed by atoms with Gasteiger partial charge < -0.3 is 10.2 Å². The first kappa shape index (κ1) is 9.67. The van der Waals surface area contributed by atoms with Crippen LogP contribution in [0.3, 0.4) is 0 Å². The van der Waals surface area contributed by atoms with Gasteiger partial charge in [0.25, 0.3) is 0 Å². The van der Waals surface area contributed by atoms with E-state index < -0.39 is 11.9 Å². The molecule has 1 aromatic carbocycles. The molecule has 0 bridgehead atoms. The monoisotopic (exact) mass is 222 g/mol. The minimum Gasteiger partial charge on any atom is -0.478 e. The second-order valence-electron chi connectivity index (χ2n) is 2.97. The van der Waals surface area contributed by atoms with Crippen LogP contribution in [-0.4, -0.2) is 22.2 Å². The van der Waals surface area contributed by atoms with Gasteiger partial charge in [0.05, 0.1) is 11.1 Å². The Kier molecular flexibility index (Phi) is 2.17. The summed E-state index contributed by atoms with van der Waals surface area (Å²) in [5.74, 6) is -2.09. The van der Waals surface area contributed by atoms with E-state index in [1.807, 2.05) is 0 Å². The highest BCUT2D eigenvalue weighted by molar-refractivity contribution is 7.09. The van der Waals surface area contributed by atoms with E-state index in [2.05, 4.69) is 0 Å². The molecule has 0 amide bonds. The normalized spacial score (nSPS) is 10.4. The van der Waals surface area contributed by atoms with Gasteiger partial charge in [-0.15, -0.1) is 0 Å². The number of hydrogen-bond donors (Lipinski definition) is 2. The predicted molar refractivity (Wildman–Crippen MR) is 55.7 cm³/mol.